The van der Waals surface area contributed by atoms with Gasteiger partial charge in [-0.05, 0) is 43.7 Å². The van der Waals surface area contributed by atoms with E-state index in [4.69, 9.17) is 17.0 Å². The van der Waals surface area contributed by atoms with Crippen LogP contribution in [0.15, 0.2) is 47.4 Å². The van der Waals surface area contributed by atoms with Crippen LogP contribution in [-0.4, -0.2) is 39.2 Å². The highest BCUT2D eigenvalue weighted by Crippen LogP contribution is 2.33. The number of thiocarbonyl (C=S) groups is 1. The number of aromatic nitrogens is 1. The van der Waals surface area contributed by atoms with Crippen LogP contribution in [0.5, 0.6) is 5.75 Å². The maximum absolute atomic E-state index is 12.8. The SMILES string of the molecule is CCOc1ccc2nc(NC(=O)CCN3C(=O)/C(=C/c4ccc(C)cc4)SC3=S)sc2c1. The van der Waals surface area contributed by atoms with Crippen LogP contribution in [0.1, 0.15) is 24.5 Å². The zero-order valence-corrected chi connectivity index (χ0v) is 20.0. The molecule has 0 aliphatic carbocycles. The summed E-state index contributed by atoms with van der Waals surface area (Å²) in [6.07, 6.45) is 1.96. The van der Waals surface area contributed by atoms with Crippen molar-refractivity contribution in [3.8, 4) is 5.75 Å². The molecule has 4 rings (SSSR count). The highest BCUT2D eigenvalue weighted by atomic mass is 32.2. The fourth-order valence-electron chi connectivity index (χ4n) is 3.12. The topological polar surface area (TPSA) is 71.5 Å². The summed E-state index contributed by atoms with van der Waals surface area (Å²) in [5, 5.41) is 3.33. The van der Waals surface area contributed by atoms with E-state index in [9.17, 15) is 9.59 Å². The van der Waals surface area contributed by atoms with E-state index < -0.39 is 0 Å². The molecule has 0 atom stereocenters. The monoisotopic (exact) mass is 483 g/mol. The van der Waals surface area contributed by atoms with E-state index in [0.29, 0.717) is 21.0 Å². The quantitative estimate of drug-likeness (QED) is 0.366. The second-order valence-corrected chi connectivity index (χ2v) is 9.83. The van der Waals surface area contributed by atoms with Gasteiger partial charge in [-0.1, -0.05) is 65.1 Å². The van der Waals surface area contributed by atoms with Crippen molar-refractivity contribution < 1.29 is 14.3 Å². The molecule has 3 aromatic rings. The molecule has 0 radical (unpaired) electrons. The van der Waals surface area contributed by atoms with Gasteiger partial charge in [0, 0.05) is 13.0 Å². The van der Waals surface area contributed by atoms with Crippen molar-refractivity contribution in [3.63, 3.8) is 0 Å². The lowest BCUT2D eigenvalue weighted by atomic mass is 10.1. The van der Waals surface area contributed by atoms with Crippen LogP contribution < -0.4 is 10.1 Å². The van der Waals surface area contributed by atoms with Crippen molar-refractivity contribution in [2.24, 2.45) is 0 Å². The first-order valence-corrected chi connectivity index (χ1v) is 12.1. The van der Waals surface area contributed by atoms with Crippen molar-refractivity contribution in [1.29, 1.82) is 0 Å². The Morgan fingerprint density at radius 2 is 2.03 bits per heavy atom. The molecule has 1 N–H and O–H groups in total. The molecular formula is C23H21N3O3S3. The van der Waals surface area contributed by atoms with Gasteiger partial charge in [-0.2, -0.15) is 0 Å². The zero-order chi connectivity index (χ0) is 22.7. The largest absolute Gasteiger partial charge is 0.494 e. The third kappa shape index (κ3) is 5.17. The van der Waals surface area contributed by atoms with Crippen molar-refractivity contribution in [2.45, 2.75) is 20.3 Å². The summed E-state index contributed by atoms with van der Waals surface area (Å²) in [6.45, 7) is 4.76. The minimum absolute atomic E-state index is 0.129. The van der Waals surface area contributed by atoms with Gasteiger partial charge in [0.25, 0.3) is 5.91 Å². The molecule has 1 aromatic heterocycles. The molecule has 2 aromatic carbocycles. The summed E-state index contributed by atoms with van der Waals surface area (Å²) in [4.78, 5) is 31.7. The Morgan fingerprint density at radius 1 is 1.25 bits per heavy atom. The number of hydrogen-bond acceptors (Lipinski definition) is 7. The van der Waals surface area contributed by atoms with Crippen LogP contribution in [0.4, 0.5) is 5.13 Å². The molecule has 0 spiro atoms. The molecule has 0 saturated carbocycles. The number of thioether (sulfide) groups is 1. The molecule has 164 valence electrons. The lowest BCUT2D eigenvalue weighted by Crippen LogP contribution is -2.31. The number of thiazole rings is 1. The molecule has 32 heavy (non-hydrogen) atoms. The third-order valence-electron chi connectivity index (χ3n) is 4.73. The fraction of sp³-hybridized carbons (Fsp3) is 0.217. The van der Waals surface area contributed by atoms with Gasteiger partial charge in [0.05, 0.1) is 21.7 Å². The summed E-state index contributed by atoms with van der Waals surface area (Å²) in [5.41, 5.74) is 2.90. The van der Waals surface area contributed by atoms with E-state index in [1.54, 1.807) is 0 Å². The summed E-state index contributed by atoms with van der Waals surface area (Å²) in [6, 6.07) is 13.6. The van der Waals surface area contributed by atoms with Crippen LogP contribution in [0.3, 0.4) is 0 Å². The molecule has 0 bridgehead atoms. The lowest BCUT2D eigenvalue weighted by molar-refractivity contribution is -0.122. The Hall–Kier alpha value is -2.75. The number of fused-ring (bicyclic) bond motifs is 1. The average Bonchev–Trinajstić information content (AvgIpc) is 3.27. The summed E-state index contributed by atoms with van der Waals surface area (Å²) in [7, 11) is 0. The molecule has 9 heteroatoms. The lowest BCUT2D eigenvalue weighted by Gasteiger charge is -2.13. The van der Waals surface area contributed by atoms with Crippen molar-refractivity contribution in [3.05, 3.63) is 58.5 Å². The van der Waals surface area contributed by atoms with E-state index in [-0.39, 0.29) is 24.8 Å². The number of benzene rings is 2. The van der Waals surface area contributed by atoms with E-state index in [1.165, 1.54) is 28.0 Å². The molecule has 1 saturated heterocycles. The second kappa shape index (κ2) is 9.81. The predicted molar refractivity (Wildman–Crippen MR) is 135 cm³/mol. The zero-order valence-electron chi connectivity index (χ0n) is 17.6. The number of carbonyl (C=O) groups is 2. The number of nitrogens with zero attached hydrogens (tertiary/aromatic N) is 2. The molecule has 1 fully saturated rings. The van der Waals surface area contributed by atoms with Gasteiger partial charge in [0.2, 0.25) is 5.91 Å². The number of hydrogen-bond donors (Lipinski definition) is 1. The molecule has 1 aliphatic heterocycles. The molecule has 2 amide bonds. The van der Waals surface area contributed by atoms with Gasteiger partial charge in [-0.15, -0.1) is 0 Å². The van der Waals surface area contributed by atoms with Crippen LogP contribution >= 0.6 is 35.3 Å². The Bertz CT molecular complexity index is 1220. The van der Waals surface area contributed by atoms with Crippen molar-refractivity contribution >= 4 is 72.9 Å². The Labute approximate surface area is 199 Å². The standard InChI is InChI=1S/C23H21N3O3S3/c1-3-29-16-8-9-17-18(13-16)31-22(24-17)25-20(27)10-11-26-21(28)19(32-23(26)30)12-15-6-4-14(2)5-7-15/h4-9,12-13H,3,10-11H2,1-2H3,(H,24,25,27)/b19-12-. The van der Waals surface area contributed by atoms with Crippen LogP contribution in [0, 0.1) is 6.92 Å². The molecule has 6 nitrogen and oxygen atoms in total. The van der Waals surface area contributed by atoms with Gasteiger partial charge >= 0.3 is 0 Å². The first-order valence-electron chi connectivity index (χ1n) is 10.1. The number of aryl methyl sites for hydroxylation is 1. The first kappa shape index (κ1) is 22.4. The highest BCUT2D eigenvalue weighted by Gasteiger charge is 2.32. The maximum Gasteiger partial charge on any atom is 0.266 e. The minimum Gasteiger partial charge on any atom is -0.494 e. The third-order valence-corrected chi connectivity index (χ3v) is 7.04. The van der Waals surface area contributed by atoms with Crippen molar-refractivity contribution in [2.75, 3.05) is 18.5 Å². The summed E-state index contributed by atoms with van der Waals surface area (Å²) in [5.74, 6) is 0.386. The van der Waals surface area contributed by atoms with Gasteiger partial charge in [0.15, 0.2) is 5.13 Å². The average molecular weight is 484 g/mol. The Morgan fingerprint density at radius 3 is 2.78 bits per heavy atom. The molecular weight excluding hydrogens is 462 g/mol. The van der Waals surface area contributed by atoms with Gasteiger partial charge in [-0.3, -0.25) is 14.5 Å². The highest BCUT2D eigenvalue weighted by molar-refractivity contribution is 8.26. The van der Waals surface area contributed by atoms with Crippen LogP contribution in [-0.2, 0) is 9.59 Å². The maximum atomic E-state index is 12.8. The van der Waals surface area contributed by atoms with E-state index in [2.05, 4.69) is 10.3 Å². The number of nitrogens with one attached hydrogen (secondary N) is 1. The number of rotatable bonds is 7. The fourth-order valence-corrected chi connectivity index (χ4v) is 5.34. The van der Waals surface area contributed by atoms with Gasteiger partial charge in [-0.25, -0.2) is 4.98 Å². The summed E-state index contributed by atoms with van der Waals surface area (Å²) >= 11 is 8.01. The van der Waals surface area contributed by atoms with Crippen LogP contribution in [0.25, 0.3) is 16.3 Å². The number of carbonyl (C=O) groups excluding carboxylic acids is 2. The minimum atomic E-state index is -0.217. The first-order chi connectivity index (χ1) is 15.4. The second-order valence-electron chi connectivity index (χ2n) is 7.12. The van der Waals surface area contributed by atoms with Gasteiger partial charge in [0.1, 0.15) is 10.1 Å². The van der Waals surface area contributed by atoms with Crippen molar-refractivity contribution in [1.82, 2.24) is 9.88 Å². The summed E-state index contributed by atoms with van der Waals surface area (Å²) < 4.78 is 6.90. The number of ether oxygens (including phenoxy) is 1. The Kier molecular flexibility index (Phi) is 6.88. The number of amides is 2. The normalized spacial score (nSPS) is 15.1. The number of anilines is 1. The van der Waals surface area contributed by atoms with Crippen LogP contribution in [0.2, 0.25) is 0 Å². The molecule has 2 heterocycles. The molecule has 1 aliphatic rings. The molecule has 0 unspecified atom stereocenters. The van der Waals surface area contributed by atoms with E-state index >= 15 is 0 Å². The van der Waals surface area contributed by atoms with E-state index in [1.807, 2.05) is 62.4 Å². The Balaban J connectivity index is 1.36. The van der Waals surface area contributed by atoms with E-state index in [0.717, 1.165) is 27.1 Å². The smallest absolute Gasteiger partial charge is 0.266 e. The van der Waals surface area contributed by atoms with Gasteiger partial charge < -0.3 is 10.1 Å². The predicted octanol–water partition coefficient (Wildman–Crippen LogP) is 5.23.